The number of nitrogens with two attached hydrogens (primary N) is 1. The van der Waals surface area contributed by atoms with Gasteiger partial charge in [0.05, 0.1) is 5.69 Å². The van der Waals surface area contributed by atoms with Gasteiger partial charge in [-0.1, -0.05) is 19.1 Å². The van der Waals surface area contributed by atoms with Crippen LogP contribution in [0.4, 0.5) is 10.1 Å². The summed E-state index contributed by atoms with van der Waals surface area (Å²) in [5, 5.41) is 0. The third kappa shape index (κ3) is 2.58. The highest BCUT2D eigenvalue weighted by molar-refractivity contribution is 5.95. The van der Waals surface area contributed by atoms with Gasteiger partial charge in [0, 0.05) is 19.0 Å². The minimum Gasteiger partial charge on any atom is -0.330 e. The summed E-state index contributed by atoms with van der Waals surface area (Å²) >= 11 is 0. The lowest BCUT2D eigenvalue weighted by Gasteiger charge is -2.24. The molecule has 2 N–H and O–H groups in total. The smallest absolute Gasteiger partial charge is 0.231 e. The van der Waals surface area contributed by atoms with Gasteiger partial charge in [-0.2, -0.15) is 0 Å². The van der Waals surface area contributed by atoms with E-state index in [1.807, 2.05) is 6.92 Å². The summed E-state index contributed by atoms with van der Waals surface area (Å²) in [7, 11) is 0. The molecule has 0 bridgehead atoms. The van der Waals surface area contributed by atoms with E-state index in [1.165, 1.54) is 11.0 Å². The molecular formula is C12H17FN2O. The number of anilines is 1. The minimum atomic E-state index is -0.387. The summed E-state index contributed by atoms with van der Waals surface area (Å²) < 4.78 is 13.5. The average molecular weight is 224 g/mol. The van der Waals surface area contributed by atoms with Crippen molar-refractivity contribution < 1.29 is 9.18 Å². The molecule has 0 aromatic heterocycles. The van der Waals surface area contributed by atoms with Crippen molar-refractivity contribution in [2.45, 2.75) is 13.8 Å². The Morgan fingerprint density at radius 1 is 1.50 bits per heavy atom. The Labute approximate surface area is 95.0 Å². The number of benzene rings is 1. The Kier molecular flexibility index (Phi) is 4.43. The number of halogens is 1. The predicted molar refractivity (Wildman–Crippen MR) is 62.6 cm³/mol. The van der Waals surface area contributed by atoms with E-state index in [1.54, 1.807) is 25.1 Å². The van der Waals surface area contributed by atoms with Crippen LogP contribution < -0.4 is 10.6 Å². The number of nitrogens with zero attached hydrogens (tertiary/aromatic N) is 1. The molecule has 4 heteroatoms. The first-order chi connectivity index (χ1) is 7.61. The summed E-state index contributed by atoms with van der Waals surface area (Å²) in [5.74, 6) is -0.823. The molecule has 0 aliphatic carbocycles. The Hall–Kier alpha value is -1.42. The van der Waals surface area contributed by atoms with E-state index in [4.69, 9.17) is 5.73 Å². The molecule has 1 rings (SSSR count). The normalized spacial score (nSPS) is 12.2. The van der Waals surface area contributed by atoms with Gasteiger partial charge in [0.25, 0.3) is 0 Å². The van der Waals surface area contributed by atoms with Crippen molar-refractivity contribution in [2.75, 3.05) is 18.0 Å². The van der Waals surface area contributed by atoms with Gasteiger partial charge in [-0.25, -0.2) is 4.39 Å². The van der Waals surface area contributed by atoms with Gasteiger partial charge < -0.3 is 10.6 Å². The van der Waals surface area contributed by atoms with E-state index < -0.39 is 0 Å². The van der Waals surface area contributed by atoms with Gasteiger partial charge >= 0.3 is 0 Å². The first-order valence-corrected chi connectivity index (χ1v) is 5.37. The van der Waals surface area contributed by atoms with Crippen molar-refractivity contribution in [1.82, 2.24) is 0 Å². The van der Waals surface area contributed by atoms with Crippen LogP contribution in [0.1, 0.15) is 13.8 Å². The summed E-state index contributed by atoms with van der Waals surface area (Å²) in [4.78, 5) is 13.4. The van der Waals surface area contributed by atoms with Gasteiger partial charge in [0.1, 0.15) is 5.82 Å². The van der Waals surface area contributed by atoms with Gasteiger partial charge in [-0.05, 0) is 19.1 Å². The maximum absolute atomic E-state index is 13.5. The fourth-order valence-corrected chi connectivity index (χ4v) is 1.48. The molecule has 3 nitrogen and oxygen atoms in total. The Morgan fingerprint density at radius 3 is 2.62 bits per heavy atom. The fraction of sp³-hybridized carbons (Fsp3) is 0.417. The quantitative estimate of drug-likeness (QED) is 0.847. The van der Waals surface area contributed by atoms with Crippen LogP contribution in [0.15, 0.2) is 24.3 Å². The van der Waals surface area contributed by atoms with Crippen molar-refractivity contribution in [3.8, 4) is 0 Å². The second kappa shape index (κ2) is 5.61. The van der Waals surface area contributed by atoms with Crippen molar-refractivity contribution in [3.05, 3.63) is 30.1 Å². The van der Waals surface area contributed by atoms with E-state index in [9.17, 15) is 9.18 Å². The number of rotatable bonds is 4. The Morgan fingerprint density at radius 2 is 2.12 bits per heavy atom. The number of para-hydroxylation sites is 1. The molecule has 16 heavy (non-hydrogen) atoms. The van der Waals surface area contributed by atoms with E-state index in [0.717, 1.165) is 0 Å². The number of amides is 1. The lowest BCUT2D eigenvalue weighted by Crippen LogP contribution is -2.38. The van der Waals surface area contributed by atoms with E-state index >= 15 is 0 Å². The third-order valence-electron chi connectivity index (χ3n) is 2.50. The highest BCUT2D eigenvalue weighted by Gasteiger charge is 2.21. The summed E-state index contributed by atoms with van der Waals surface area (Å²) in [6.07, 6.45) is 0. The Balaban J connectivity index is 2.99. The maximum Gasteiger partial charge on any atom is 0.231 e. The largest absolute Gasteiger partial charge is 0.330 e. The van der Waals surface area contributed by atoms with Crippen LogP contribution in [0.2, 0.25) is 0 Å². The third-order valence-corrected chi connectivity index (χ3v) is 2.50. The van der Waals surface area contributed by atoms with Crippen LogP contribution in [0.3, 0.4) is 0 Å². The van der Waals surface area contributed by atoms with Crippen molar-refractivity contribution in [2.24, 2.45) is 11.7 Å². The first kappa shape index (κ1) is 12.6. The fourth-order valence-electron chi connectivity index (χ4n) is 1.48. The predicted octanol–water partition coefficient (Wildman–Crippen LogP) is 1.77. The molecule has 1 unspecified atom stereocenters. The number of hydrogen-bond donors (Lipinski definition) is 1. The molecule has 0 spiro atoms. The molecule has 0 saturated carbocycles. The standard InChI is InChI=1S/C12H17FN2O/c1-3-15(12(16)9(2)8-14)11-7-5-4-6-10(11)13/h4-7,9H,3,8,14H2,1-2H3. The number of hydrogen-bond acceptors (Lipinski definition) is 2. The molecular weight excluding hydrogens is 207 g/mol. The van der Waals surface area contributed by atoms with Crippen LogP contribution in [-0.2, 0) is 4.79 Å². The first-order valence-electron chi connectivity index (χ1n) is 5.37. The van der Waals surface area contributed by atoms with Gasteiger partial charge in [-0.15, -0.1) is 0 Å². The second-order valence-corrected chi connectivity index (χ2v) is 3.67. The molecule has 1 atom stereocenters. The molecule has 0 aliphatic rings. The molecule has 1 amide bonds. The van der Waals surface area contributed by atoms with Gasteiger partial charge in [-0.3, -0.25) is 4.79 Å². The van der Waals surface area contributed by atoms with Gasteiger partial charge in [0.15, 0.2) is 0 Å². The molecule has 0 heterocycles. The Bertz CT molecular complexity index is 368. The average Bonchev–Trinajstić information content (AvgIpc) is 2.31. The topological polar surface area (TPSA) is 46.3 Å². The van der Waals surface area contributed by atoms with E-state index in [-0.39, 0.29) is 24.2 Å². The lowest BCUT2D eigenvalue weighted by atomic mass is 10.1. The molecule has 1 aromatic rings. The van der Waals surface area contributed by atoms with Crippen LogP contribution in [0, 0.1) is 11.7 Å². The van der Waals surface area contributed by atoms with Crippen LogP contribution in [0.25, 0.3) is 0 Å². The lowest BCUT2D eigenvalue weighted by molar-refractivity contribution is -0.121. The monoisotopic (exact) mass is 224 g/mol. The number of carbonyl (C=O) groups excluding carboxylic acids is 1. The van der Waals surface area contributed by atoms with Crippen molar-refractivity contribution in [3.63, 3.8) is 0 Å². The molecule has 1 aromatic carbocycles. The highest BCUT2D eigenvalue weighted by atomic mass is 19.1. The van der Waals surface area contributed by atoms with Crippen LogP contribution in [-0.4, -0.2) is 19.0 Å². The maximum atomic E-state index is 13.5. The summed E-state index contributed by atoms with van der Waals surface area (Å²) in [6, 6.07) is 6.25. The van der Waals surface area contributed by atoms with Gasteiger partial charge in [0.2, 0.25) is 5.91 Å². The molecule has 88 valence electrons. The zero-order chi connectivity index (χ0) is 12.1. The van der Waals surface area contributed by atoms with E-state index in [2.05, 4.69) is 0 Å². The molecule has 0 saturated heterocycles. The zero-order valence-electron chi connectivity index (χ0n) is 9.61. The summed E-state index contributed by atoms with van der Waals surface area (Å²) in [5.41, 5.74) is 5.76. The second-order valence-electron chi connectivity index (χ2n) is 3.67. The number of carbonyl (C=O) groups is 1. The van der Waals surface area contributed by atoms with E-state index in [0.29, 0.717) is 12.2 Å². The zero-order valence-corrected chi connectivity index (χ0v) is 9.61. The molecule has 0 radical (unpaired) electrons. The molecule has 0 fully saturated rings. The molecule has 0 aliphatic heterocycles. The summed E-state index contributed by atoms with van der Waals surface area (Å²) in [6.45, 7) is 4.26. The van der Waals surface area contributed by atoms with Crippen LogP contribution in [0.5, 0.6) is 0 Å². The van der Waals surface area contributed by atoms with Crippen LogP contribution >= 0.6 is 0 Å². The van der Waals surface area contributed by atoms with Crippen molar-refractivity contribution >= 4 is 11.6 Å². The SMILES string of the molecule is CCN(C(=O)C(C)CN)c1ccccc1F. The minimum absolute atomic E-state index is 0.143. The highest BCUT2D eigenvalue weighted by Crippen LogP contribution is 2.20. The van der Waals surface area contributed by atoms with Crippen molar-refractivity contribution in [1.29, 1.82) is 0 Å².